The van der Waals surface area contributed by atoms with Gasteiger partial charge in [0, 0.05) is 30.1 Å². The summed E-state index contributed by atoms with van der Waals surface area (Å²) in [6, 6.07) is 4.80. The Balaban J connectivity index is 1.71. The van der Waals surface area contributed by atoms with E-state index in [9.17, 15) is 18.0 Å². The van der Waals surface area contributed by atoms with E-state index >= 15 is 0 Å². The van der Waals surface area contributed by atoms with Gasteiger partial charge in [0.05, 0.1) is 4.90 Å². The van der Waals surface area contributed by atoms with Crippen LogP contribution in [-0.4, -0.2) is 50.6 Å². The third kappa shape index (κ3) is 4.97. The Morgan fingerprint density at radius 3 is 2.38 bits per heavy atom. The van der Waals surface area contributed by atoms with Crippen LogP contribution in [0.2, 0.25) is 0 Å². The number of fused-ring (bicyclic) bond motifs is 1. The lowest BCUT2D eigenvalue weighted by molar-refractivity contribution is -0.145. The van der Waals surface area contributed by atoms with Crippen LogP contribution in [0.1, 0.15) is 35.6 Å². The Bertz CT molecular complexity index is 1140. The first-order valence-corrected chi connectivity index (χ1v) is 11.7. The lowest BCUT2D eigenvalue weighted by Gasteiger charge is -2.22. The third-order valence-corrected chi connectivity index (χ3v) is 6.89. The van der Waals surface area contributed by atoms with Crippen molar-refractivity contribution in [3.05, 3.63) is 41.2 Å². The number of ketones is 1. The number of hydrogen-bond donors (Lipinski definition) is 1. The van der Waals surface area contributed by atoms with Gasteiger partial charge in [0.25, 0.3) is 0 Å². The molecule has 10 heteroatoms. The van der Waals surface area contributed by atoms with Gasteiger partial charge in [-0.3, -0.25) is 9.59 Å². The van der Waals surface area contributed by atoms with Crippen LogP contribution < -0.4 is 14.2 Å². The van der Waals surface area contributed by atoms with Gasteiger partial charge < -0.3 is 18.8 Å². The lowest BCUT2D eigenvalue weighted by atomic mass is 10.1. The summed E-state index contributed by atoms with van der Waals surface area (Å²) in [5.74, 6) is -0.802. The summed E-state index contributed by atoms with van der Waals surface area (Å²) >= 11 is 0. The molecule has 0 fully saturated rings. The quantitative estimate of drug-likeness (QED) is 0.470. The maximum atomic E-state index is 12.9. The van der Waals surface area contributed by atoms with Crippen molar-refractivity contribution in [2.75, 3.05) is 19.8 Å². The van der Waals surface area contributed by atoms with Crippen molar-refractivity contribution in [2.45, 2.75) is 38.6 Å². The molecule has 1 aromatic heterocycles. The topological polar surface area (TPSA) is 113 Å². The van der Waals surface area contributed by atoms with E-state index in [0.717, 1.165) is 11.4 Å². The van der Waals surface area contributed by atoms with Crippen molar-refractivity contribution in [3.63, 3.8) is 0 Å². The van der Waals surface area contributed by atoms with Crippen LogP contribution in [0.15, 0.2) is 29.2 Å². The van der Waals surface area contributed by atoms with Crippen molar-refractivity contribution >= 4 is 21.8 Å². The second kappa shape index (κ2) is 9.33. The number of ether oxygens (including phenoxy) is 3. The highest BCUT2D eigenvalue weighted by Crippen LogP contribution is 2.32. The number of nitrogens with one attached hydrogen (secondary N) is 1. The van der Waals surface area contributed by atoms with Crippen LogP contribution in [0.4, 0.5) is 0 Å². The fraction of sp³-hybridized carbons (Fsp3) is 0.455. The van der Waals surface area contributed by atoms with E-state index in [4.69, 9.17) is 14.2 Å². The van der Waals surface area contributed by atoms with Crippen LogP contribution in [-0.2, 0) is 26.6 Å². The fourth-order valence-electron chi connectivity index (χ4n) is 3.32. The largest absolute Gasteiger partial charge is 0.486 e. The first-order chi connectivity index (χ1) is 15.0. The molecule has 32 heavy (non-hydrogen) atoms. The zero-order valence-corrected chi connectivity index (χ0v) is 19.6. The average molecular weight is 465 g/mol. The maximum Gasteiger partial charge on any atom is 0.324 e. The molecule has 3 rings (SSSR count). The van der Waals surface area contributed by atoms with E-state index in [-0.39, 0.29) is 10.7 Å². The summed E-state index contributed by atoms with van der Waals surface area (Å²) in [6.45, 7) is 7.28. The molecule has 1 aromatic carbocycles. The Morgan fingerprint density at radius 2 is 1.78 bits per heavy atom. The standard InChI is InChI=1S/C22H28N2O7S/c1-13(2)21(22(26)31-12-18(25)17-10-14(3)24(5)15(17)4)23-32(27,28)16-6-7-19-20(11-16)30-9-8-29-19/h6-7,10-11,13,21,23H,8-9,12H2,1-5H3. The van der Waals surface area contributed by atoms with Gasteiger partial charge in [-0.05, 0) is 38.0 Å². The van der Waals surface area contributed by atoms with Gasteiger partial charge in [-0.15, -0.1) is 0 Å². The van der Waals surface area contributed by atoms with Gasteiger partial charge in [0.1, 0.15) is 19.3 Å². The molecule has 1 N–H and O–H groups in total. The number of hydrogen-bond acceptors (Lipinski definition) is 7. The minimum Gasteiger partial charge on any atom is -0.486 e. The highest BCUT2D eigenvalue weighted by Gasteiger charge is 2.31. The van der Waals surface area contributed by atoms with Crippen molar-refractivity contribution < 1.29 is 32.2 Å². The molecule has 2 aromatic rings. The number of nitrogens with zero attached hydrogens (tertiary/aromatic N) is 1. The summed E-state index contributed by atoms with van der Waals surface area (Å²) in [5, 5.41) is 0. The molecule has 174 valence electrons. The first-order valence-electron chi connectivity index (χ1n) is 10.3. The number of aromatic nitrogens is 1. The molecule has 0 saturated heterocycles. The van der Waals surface area contributed by atoms with Crippen LogP contribution >= 0.6 is 0 Å². The molecule has 0 aliphatic carbocycles. The zero-order valence-electron chi connectivity index (χ0n) is 18.8. The molecular formula is C22H28N2O7S. The minimum atomic E-state index is -4.06. The summed E-state index contributed by atoms with van der Waals surface area (Å²) in [5.41, 5.74) is 2.14. The molecule has 0 spiro atoms. The Hall–Kier alpha value is -2.85. The van der Waals surface area contributed by atoms with Gasteiger partial charge in [-0.2, -0.15) is 4.72 Å². The monoisotopic (exact) mass is 464 g/mol. The molecule has 1 aliphatic rings. The number of aryl methyl sites for hydroxylation is 1. The molecule has 1 atom stereocenters. The van der Waals surface area contributed by atoms with Gasteiger partial charge in [-0.1, -0.05) is 13.8 Å². The molecule has 1 unspecified atom stereocenters. The van der Waals surface area contributed by atoms with E-state index in [1.54, 1.807) is 26.8 Å². The number of Topliss-reactive ketones (excluding diaryl/α,β-unsaturated/α-hetero) is 1. The van der Waals surface area contributed by atoms with Crippen molar-refractivity contribution in [1.82, 2.24) is 9.29 Å². The normalized spacial score (nSPS) is 14.3. The second-order valence-corrected chi connectivity index (χ2v) is 9.74. The number of esters is 1. The molecule has 0 saturated carbocycles. The molecule has 0 radical (unpaired) electrons. The lowest BCUT2D eigenvalue weighted by Crippen LogP contribution is -2.45. The first kappa shape index (κ1) is 23.8. The van der Waals surface area contributed by atoms with Crippen molar-refractivity contribution in [1.29, 1.82) is 0 Å². The highest BCUT2D eigenvalue weighted by atomic mass is 32.2. The Morgan fingerprint density at radius 1 is 1.12 bits per heavy atom. The van der Waals surface area contributed by atoms with Gasteiger partial charge in [0.2, 0.25) is 15.8 Å². The summed E-state index contributed by atoms with van der Waals surface area (Å²) < 4.78 is 46.1. The van der Waals surface area contributed by atoms with Crippen molar-refractivity contribution in [2.24, 2.45) is 13.0 Å². The maximum absolute atomic E-state index is 12.9. The molecular weight excluding hydrogens is 436 g/mol. The smallest absolute Gasteiger partial charge is 0.324 e. The molecule has 0 bridgehead atoms. The van der Waals surface area contributed by atoms with E-state index in [0.29, 0.717) is 30.3 Å². The summed E-state index contributed by atoms with van der Waals surface area (Å²) in [6.07, 6.45) is 0. The minimum absolute atomic E-state index is 0.0633. The molecule has 9 nitrogen and oxygen atoms in total. The second-order valence-electron chi connectivity index (χ2n) is 8.02. The number of carbonyl (C=O) groups is 2. The van der Waals surface area contributed by atoms with E-state index in [1.807, 2.05) is 18.5 Å². The van der Waals surface area contributed by atoms with E-state index in [2.05, 4.69) is 4.72 Å². The van der Waals surface area contributed by atoms with Crippen molar-refractivity contribution in [3.8, 4) is 11.5 Å². The summed E-state index contributed by atoms with van der Waals surface area (Å²) in [4.78, 5) is 25.1. The van der Waals surface area contributed by atoms with Gasteiger partial charge in [-0.25, -0.2) is 8.42 Å². The van der Waals surface area contributed by atoms with Gasteiger partial charge in [0.15, 0.2) is 18.1 Å². The number of rotatable bonds is 8. The zero-order chi connectivity index (χ0) is 23.6. The van der Waals surface area contributed by atoms with Crippen LogP contribution in [0.25, 0.3) is 0 Å². The number of sulfonamides is 1. The number of benzene rings is 1. The van der Waals surface area contributed by atoms with Gasteiger partial charge >= 0.3 is 5.97 Å². The predicted molar refractivity (Wildman–Crippen MR) is 117 cm³/mol. The number of carbonyl (C=O) groups excluding carboxylic acids is 2. The molecule has 0 amide bonds. The third-order valence-electron chi connectivity index (χ3n) is 5.45. The van der Waals surface area contributed by atoms with Crippen LogP contribution in [0.3, 0.4) is 0 Å². The molecule has 2 heterocycles. The fourth-order valence-corrected chi connectivity index (χ4v) is 4.67. The van der Waals surface area contributed by atoms with E-state index < -0.39 is 34.6 Å². The Labute approximate surface area is 187 Å². The van der Waals surface area contributed by atoms with Crippen LogP contribution in [0, 0.1) is 19.8 Å². The van der Waals surface area contributed by atoms with E-state index in [1.165, 1.54) is 18.2 Å². The SMILES string of the molecule is Cc1cc(C(=O)COC(=O)C(NS(=O)(=O)c2ccc3c(c2)OCCO3)C(C)C)c(C)n1C. The molecule has 1 aliphatic heterocycles. The Kier molecular flexibility index (Phi) is 6.94. The average Bonchev–Trinajstić information content (AvgIpc) is 3.02. The predicted octanol–water partition coefficient (Wildman–Crippen LogP) is 2.14. The summed E-state index contributed by atoms with van der Waals surface area (Å²) in [7, 11) is -2.22. The highest BCUT2D eigenvalue weighted by molar-refractivity contribution is 7.89. The van der Waals surface area contributed by atoms with Crippen LogP contribution in [0.5, 0.6) is 11.5 Å².